The molecule has 11 nitrogen and oxygen atoms in total. The number of carbonyl (C=O) groups excluding carboxylic acids is 4. The van der Waals surface area contributed by atoms with E-state index < -0.39 is 34.3 Å². The number of rotatable bonds is 15. The predicted octanol–water partition coefficient (Wildman–Crippen LogP) is 11.3. The van der Waals surface area contributed by atoms with E-state index >= 15 is 0 Å². The van der Waals surface area contributed by atoms with Crippen molar-refractivity contribution in [2.45, 2.75) is 130 Å². The first-order valence-electron chi connectivity index (χ1n) is 21.3. The van der Waals surface area contributed by atoms with Gasteiger partial charge in [-0.25, -0.2) is 9.68 Å². The third-order valence-corrected chi connectivity index (χ3v) is 12.1. The van der Waals surface area contributed by atoms with Crippen LogP contribution in [0.5, 0.6) is 23.0 Å². The lowest BCUT2D eigenvalue weighted by Crippen LogP contribution is -2.36. The zero-order valence-corrected chi connectivity index (χ0v) is 40.0. The number of ether oxygens (including phenoxy) is 4. The largest absolute Gasteiger partial charge is 0.456 e. The second kappa shape index (κ2) is 19.7. The molecule has 2 aliphatic heterocycles. The summed E-state index contributed by atoms with van der Waals surface area (Å²) in [6.45, 7) is 13.9. The van der Waals surface area contributed by atoms with Crippen LogP contribution in [0.3, 0.4) is 0 Å². The van der Waals surface area contributed by atoms with Gasteiger partial charge in [0.1, 0.15) is 23.0 Å². The fourth-order valence-corrected chi connectivity index (χ4v) is 8.72. The number of fused-ring (bicyclic) bond motifs is 7. The number of unbranched alkanes of at least 4 members (excludes halogenated alkanes) is 3. The van der Waals surface area contributed by atoms with Crippen molar-refractivity contribution in [2.75, 3.05) is 13.2 Å². The lowest BCUT2D eigenvalue weighted by atomic mass is 9.72. The Morgan fingerprint density at radius 2 is 1.64 bits per heavy atom. The molecule has 2 unspecified atom stereocenters. The molecule has 328 valence electrons. The van der Waals surface area contributed by atoms with E-state index in [1.165, 1.54) is 0 Å². The van der Waals surface area contributed by atoms with E-state index in [-0.39, 0.29) is 23.6 Å². The fourth-order valence-electron chi connectivity index (χ4n) is 8.00. The minimum Gasteiger partial charge on any atom is -0.456 e. The van der Waals surface area contributed by atoms with E-state index in [0.29, 0.717) is 100 Å². The maximum Gasteiger partial charge on any atom is 0.336 e. The molecule has 1 N–H and O–H groups in total. The first-order valence-corrected chi connectivity index (χ1v) is 23.1. The molecule has 1 aliphatic carbocycles. The molecule has 3 aliphatic rings. The number of nitrogens with one attached hydrogen (secondary N) is 1. The summed E-state index contributed by atoms with van der Waals surface area (Å²) in [4.78, 5) is 60.0. The molecular weight excluding hydrogens is 957 g/mol. The van der Waals surface area contributed by atoms with Crippen LogP contribution in [0.1, 0.15) is 129 Å². The number of hydrogen-bond donors (Lipinski definition) is 1. The average molecular weight is 1010 g/mol. The Morgan fingerprint density at radius 1 is 0.934 bits per heavy atom. The Morgan fingerprint density at radius 3 is 2.34 bits per heavy atom. The monoisotopic (exact) mass is 1010 g/mol. The number of halogens is 2. The normalized spacial score (nSPS) is 18.4. The molecular formula is C48H57BrINO10. The van der Waals surface area contributed by atoms with Crippen molar-refractivity contribution >= 4 is 73.5 Å². The molecule has 2 heterocycles. The molecule has 1 amide bonds. The Hall–Kier alpha value is -3.79. The highest BCUT2D eigenvalue weighted by Gasteiger charge is 2.57. The van der Waals surface area contributed by atoms with Gasteiger partial charge >= 0.3 is 17.9 Å². The zero-order valence-electron chi connectivity index (χ0n) is 36.2. The van der Waals surface area contributed by atoms with E-state index in [1.807, 2.05) is 43.3 Å². The first-order chi connectivity index (χ1) is 29.0. The quantitative estimate of drug-likeness (QED) is 0.0229. The Labute approximate surface area is 381 Å². The molecule has 2 atom stereocenters. The summed E-state index contributed by atoms with van der Waals surface area (Å²) in [5.41, 5.74) is 0.728. The molecule has 3 aromatic rings. The summed E-state index contributed by atoms with van der Waals surface area (Å²) >= 11 is 5.61. The number of hydrogen-bond acceptors (Lipinski definition) is 10. The van der Waals surface area contributed by atoms with Gasteiger partial charge in [-0.1, -0.05) is 78.5 Å². The lowest BCUT2D eigenvalue weighted by molar-refractivity contribution is -0.166. The summed E-state index contributed by atoms with van der Waals surface area (Å²) in [7, 11) is 0. The maximum absolute atomic E-state index is 14.4. The van der Waals surface area contributed by atoms with E-state index in [9.17, 15) is 19.2 Å². The van der Waals surface area contributed by atoms with Gasteiger partial charge in [-0.2, -0.15) is 3.22 Å². The van der Waals surface area contributed by atoms with Gasteiger partial charge in [0.25, 0.3) is 0 Å². The van der Waals surface area contributed by atoms with Crippen molar-refractivity contribution in [3.8, 4) is 23.0 Å². The smallest absolute Gasteiger partial charge is 0.336 e. The number of amides is 1. The van der Waals surface area contributed by atoms with Crippen molar-refractivity contribution in [3.05, 3.63) is 82.0 Å². The topological polar surface area (TPSA) is 136 Å². The molecule has 1 spiro atoms. The fraction of sp³-hybridized carbons (Fsp3) is 0.500. The van der Waals surface area contributed by atoms with Crippen molar-refractivity contribution in [3.63, 3.8) is 0 Å². The van der Waals surface area contributed by atoms with Gasteiger partial charge in [0.15, 0.2) is 28.6 Å². The number of esters is 3. The number of carbonyl (C=O) groups is 4. The molecule has 0 aromatic heterocycles. The minimum atomic E-state index is -1.47. The van der Waals surface area contributed by atoms with Gasteiger partial charge in [-0.3, -0.25) is 14.4 Å². The third-order valence-electron chi connectivity index (χ3n) is 11.2. The van der Waals surface area contributed by atoms with Gasteiger partial charge in [-0.05, 0) is 109 Å². The molecule has 0 saturated carbocycles. The summed E-state index contributed by atoms with van der Waals surface area (Å²) in [6.07, 6.45) is 10.7. The highest BCUT2D eigenvalue weighted by molar-refractivity contribution is 14.1. The Balaban J connectivity index is 1.55. The summed E-state index contributed by atoms with van der Waals surface area (Å²) < 4.78 is 31.0. The molecule has 0 fully saturated rings. The van der Waals surface area contributed by atoms with Crippen LogP contribution >= 0.6 is 38.9 Å². The van der Waals surface area contributed by atoms with Gasteiger partial charge < -0.3 is 24.3 Å². The van der Waals surface area contributed by atoms with Gasteiger partial charge in [0, 0.05) is 45.9 Å². The maximum atomic E-state index is 14.4. The summed E-state index contributed by atoms with van der Waals surface area (Å²) in [5.74, 6) is -0.00825. The van der Waals surface area contributed by atoms with Crippen LogP contribution in [-0.2, 0) is 50.5 Å². The van der Waals surface area contributed by atoms with Crippen LogP contribution in [0, 0.1) is 10.8 Å². The molecule has 61 heavy (non-hydrogen) atoms. The van der Waals surface area contributed by atoms with Gasteiger partial charge in [0.05, 0.1) is 23.0 Å². The van der Waals surface area contributed by atoms with Gasteiger partial charge in [0.2, 0.25) is 5.91 Å². The second-order valence-electron chi connectivity index (χ2n) is 18.0. The highest BCUT2D eigenvalue weighted by atomic mass is 127. The van der Waals surface area contributed by atoms with Crippen molar-refractivity contribution in [1.82, 2.24) is 5.32 Å². The molecule has 0 radical (unpaired) electrons. The average Bonchev–Trinajstić information content (AvgIpc) is 3.44. The van der Waals surface area contributed by atoms with Crippen molar-refractivity contribution in [2.24, 2.45) is 10.8 Å². The van der Waals surface area contributed by atoms with Crippen LogP contribution in [0.2, 0.25) is 0 Å². The third kappa shape index (κ3) is 10.2. The summed E-state index contributed by atoms with van der Waals surface area (Å²) in [5, 5.41) is 4.41. The minimum absolute atomic E-state index is 0.0166. The number of benzene rings is 3. The van der Waals surface area contributed by atoms with Crippen LogP contribution in [0.4, 0.5) is 0 Å². The second-order valence-corrected chi connectivity index (χ2v) is 19.7. The molecule has 13 heteroatoms. The van der Waals surface area contributed by atoms with E-state index in [0.717, 1.165) is 37.7 Å². The van der Waals surface area contributed by atoms with Crippen LogP contribution in [-0.4, -0.2) is 41.8 Å². The standard InChI is InChI=1S/C48H57BrINO10/c1-8-17-34-41(59-45(55)47(5,6)7)29(22-23-39(52)51-24-15-9-10-16-25-56-61-50)26-36-42(34)57-38-28-37(58-44(54)46(2,3)4)31-19-13-14-20-32(31)40(38)48(36)35-27-30(49)18-11-12-21-33(35)43(53)60-48/h11-14,19-20,26,28,30H,8-10,15-18,21-25,27H2,1-7H3,(H,51,52). The lowest BCUT2D eigenvalue weighted by Gasteiger charge is -2.41. The van der Waals surface area contributed by atoms with E-state index in [1.54, 1.807) is 70.6 Å². The Kier molecular flexibility index (Phi) is 15.1. The first kappa shape index (κ1) is 46.7. The van der Waals surface area contributed by atoms with Crippen LogP contribution in [0.25, 0.3) is 10.8 Å². The van der Waals surface area contributed by atoms with Gasteiger partial charge in [-0.15, -0.1) is 0 Å². The van der Waals surface area contributed by atoms with Crippen LogP contribution < -0.4 is 19.5 Å². The number of allylic oxidation sites excluding steroid dienone is 2. The van der Waals surface area contributed by atoms with E-state index in [2.05, 4.69) is 30.5 Å². The van der Waals surface area contributed by atoms with Crippen molar-refractivity contribution in [1.29, 1.82) is 0 Å². The molecule has 6 rings (SSSR count). The number of aryl methyl sites for hydroxylation is 1. The zero-order chi connectivity index (χ0) is 44.1. The van der Waals surface area contributed by atoms with E-state index in [4.69, 9.17) is 23.8 Å². The number of alkyl halides is 1. The van der Waals surface area contributed by atoms with Crippen molar-refractivity contribution < 1.29 is 46.2 Å². The molecule has 0 saturated heterocycles. The van der Waals surface area contributed by atoms with Crippen LogP contribution in [0.15, 0.2) is 59.7 Å². The summed E-state index contributed by atoms with van der Waals surface area (Å²) in [6, 6.07) is 11.2. The Bertz CT molecular complexity index is 2240. The molecule has 0 bridgehead atoms. The highest BCUT2D eigenvalue weighted by Crippen LogP contribution is 2.62. The molecule has 3 aromatic carbocycles. The SMILES string of the molecule is CCCc1c(OC(=O)C(C)(C)C)c(CCC(=O)NCCCCCCOOI)cc2c1Oc1cc(OC(=O)C(C)(C)C)c3ccccc3c1C21OC(=O)C2=C1CC(Br)CC=CC2. The predicted molar refractivity (Wildman–Crippen MR) is 245 cm³/mol.